The molecule has 2 N–H and O–H groups in total. The molecule has 1 heterocycles. The highest BCUT2D eigenvalue weighted by molar-refractivity contribution is 7.98. The molecule has 0 fully saturated rings. The topological polar surface area (TPSA) is 58.2 Å². The molecule has 0 aromatic carbocycles. The zero-order chi connectivity index (χ0) is 15.0. The van der Waals surface area contributed by atoms with Gasteiger partial charge in [0.05, 0.1) is 4.90 Å². The van der Waals surface area contributed by atoms with Crippen LogP contribution in [0.25, 0.3) is 0 Å². The first-order valence-corrected chi connectivity index (χ1v) is 10.4. The number of hydrogen-bond donors (Lipinski definition) is 2. The summed E-state index contributed by atoms with van der Waals surface area (Å²) in [7, 11) is -1.50. The average molecular weight is 337 g/mol. The van der Waals surface area contributed by atoms with Crippen molar-refractivity contribution in [2.45, 2.75) is 37.6 Å². The van der Waals surface area contributed by atoms with E-state index in [0.717, 1.165) is 34.8 Å². The van der Waals surface area contributed by atoms with E-state index >= 15 is 0 Å². The van der Waals surface area contributed by atoms with E-state index in [9.17, 15) is 8.42 Å². The van der Waals surface area contributed by atoms with Crippen LogP contribution in [0.3, 0.4) is 0 Å². The number of sulfonamides is 1. The van der Waals surface area contributed by atoms with Crippen molar-refractivity contribution < 1.29 is 8.42 Å². The fraction of sp³-hybridized carbons (Fsp3) is 0.692. The van der Waals surface area contributed by atoms with E-state index in [1.807, 2.05) is 25.7 Å². The van der Waals surface area contributed by atoms with Gasteiger partial charge in [-0.3, -0.25) is 0 Å². The lowest BCUT2D eigenvalue weighted by Gasteiger charge is -2.06. The monoisotopic (exact) mass is 336 g/mol. The van der Waals surface area contributed by atoms with Crippen molar-refractivity contribution in [1.82, 2.24) is 10.0 Å². The summed E-state index contributed by atoms with van der Waals surface area (Å²) >= 11 is 3.36. The van der Waals surface area contributed by atoms with Crippen LogP contribution in [0.2, 0.25) is 0 Å². The molecule has 0 atom stereocenters. The van der Waals surface area contributed by atoms with Crippen molar-refractivity contribution in [1.29, 1.82) is 0 Å². The molecule has 0 aliphatic carbocycles. The van der Waals surface area contributed by atoms with Gasteiger partial charge in [0.15, 0.2) is 0 Å². The second kappa shape index (κ2) is 9.04. The predicted molar refractivity (Wildman–Crippen MR) is 89.2 cm³/mol. The molecule has 20 heavy (non-hydrogen) atoms. The van der Waals surface area contributed by atoms with Crippen LogP contribution in [0.5, 0.6) is 0 Å². The lowest BCUT2D eigenvalue weighted by molar-refractivity contribution is 0.576. The van der Waals surface area contributed by atoms with Crippen LogP contribution in [0.1, 0.15) is 29.0 Å². The summed E-state index contributed by atoms with van der Waals surface area (Å²) in [5.41, 5.74) is 0. The number of unbranched alkanes of at least 4 members (excludes halogenated alkanes) is 2. The molecule has 1 aromatic heterocycles. The second-order valence-corrected chi connectivity index (χ2v) is 8.68. The van der Waals surface area contributed by atoms with Crippen LogP contribution < -0.4 is 10.0 Å². The van der Waals surface area contributed by atoms with Crippen LogP contribution >= 0.6 is 23.1 Å². The predicted octanol–water partition coefficient (Wildman–Crippen LogP) is 2.59. The number of rotatable bonds is 10. The zero-order valence-corrected chi connectivity index (χ0v) is 14.8. The number of hydrogen-bond acceptors (Lipinski definition) is 5. The summed E-state index contributed by atoms with van der Waals surface area (Å²) in [5.74, 6) is 1.14. The van der Waals surface area contributed by atoms with E-state index in [1.165, 1.54) is 11.3 Å². The van der Waals surface area contributed by atoms with Crippen LogP contribution in [-0.4, -0.2) is 34.0 Å². The molecule has 116 valence electrons. The fourth-order valence-electron chi connectivity index (χ4n) is 1.88. The first kappa shape index (κ1) is 18.0. The molecule has 0 saturated carbocycles. The Bertz CT molecular complexity index is 498. The third-order valence-corrected chi connectivity index (χ3v) is 6.34. The van der Waals surface area contributed by atoms with E-state index in [1.54, 1.807) is 6.07 Å². The molecule has 0 radical (unpaired) electrons. The van der Waals surface area contributed by atoms with Crippen molar-refractivity contribution in [3.8, 4) is 0 Å². The number of thioether (sulfide) groups is 1. The van der Waals surface area contributed by atoms with Crippen molar-refractivity contribution in [3.05, 3.63) is 15.8 Å². The SMILES string of the molecule is CNCc1cc(S(=O)(=O)NCCCCCSC)c(C)s1. The Balaban J connectivity index is 2.51. The van der Waals surface area contributed by atoms with Crippen molar-refractivity contribution in [3.63, 3.8) is 0 Å². The Morgan fingerprint density at radius 1 is 1.30 bits per heavy atom. The highest BCUT2D eigenvalue weighted by atomic mass is 32.2. The maximum atomic E-state index is 12.2. The molecule has 0 aliphatic heterocycles. The summed E-state index contributed by atoms with van der Waals surface area (Å²) in [6.45, 7) is 3.08. The van der Waals surface area contributed by atoms with Gasteiger partial charge < -0.3 is 5.32 Å². The van der Waals surface area contributed by atoms with Gasteiger partial charge in [0, 0.05) is 22.8 Å². The molecule has 1 aromatic rings. The summed E-state index contributed by atoms with van der Waals surface area (Å²) in [6, 6.07) is 1.77. The van der Waals surface area contributed by atoms with E-state index in [-0.39, 0.29) is 0 Å². The zero-order valence-electron chi connectivity index (χ0n) is 12.4. The molecule has 0 amide bonds. The summed E-state index contributed by atoms with van der Waals surface area (Å²) in [5, 5.41) is 3.04. The van der Waals surface area contributed by atoms with E-state index in [0.29, 0.717) is 18.0 Å². The normalized spacial score (nSPS) is 11.9. The molecule has 1 rings (SSSR count). The molecule has 0 saturated heterocycles. The molecule has 0 spiro atoms. The van der Waals surface area contributed by atoms with Gasteiger partial charge in [0.2, 0.25) is 10.0 Å². The van der Waals surface area contributed by atoms with Gasteiger partial charge in [-0.05, 0) is 44.9 Å². The Labute approximate surface area is 130 Å². The van der Waals surface area contributed by atoms with Crippen LogP contribution in [0.15, 0.2) is 11.0 Å². The first-order chi connectivity index (χ1) is 9.51. The van der Waals surface area contributed by atoms with Gasteiger partial charge in [-0.2, -0.15) is 11.8 Å². The van der Waals surface area contributed by atoms with Gasteiger partial charge in [-0.25, -0.2) is 13.1 Å². The minimum atomic E-state index is -3.35. The van der Waals surface area contributed by atoms with E-state index < -0.39 is 10.0 Å². The maximum Gasteiger partial charge on any atom is 0.241 e. The Hall–Kier alpha value is -0.0800. The number of thiophene rings is 1. The third-order valence-electron chi connectivity index (χ3n) is 2.88. The minimum absolute atomic E-state index is 0.428. The molecule has 0 bridgehead atoms. The second-order valence-electron chi connectivity index (χ2n) is 4.61. The Morgan fingerprint density at radius 3 is 2.70 bits per heavy atom. The first-order valence-electron chi connectivity index (χ1n) is 6.73. The van der Waals surface area contributed by atoms with Crippen LogP contribution in [0.4, 0.5) is 0 Å². The summed E-state index contributed by atoms with van der Waals surface area (Å²) < 4.78 is 27.2. The van der Waals surface area contributed by atoms with E-state index in [2.05, 4.69) is 16.3 Å². The molecule has 0 unspecified atom stereocenters. The Kier molecular flexibility index (Phi) is 8.13. The Morgan fingerprint density at radius 2 is 2.05 bits per heavy atom. The molecule has 7 heteroatoms. The lowest BCUT2D eigenvalue weighted by atomic mass is 10.2. The quantitative estimate of drug-likeness (QED) is 0.645. The highest BCUT2D eigenvalue weighted by Gasteiger charge is 2.19. The van der Waals surface area contributed by atoms with Gasteiger partial charge >= 0.3 is 0 Å². The van der Waals surface area contributed by atoms with Crippen molar-refractivity contribution >= 4 is 33.1 Å². The van der Waals surface area contributed by atoms with Crippen molar-refractivity contribution in [2.24, 2.45) is 0 Å². The largest absolute Gasteiger partial charge is 0.315 e. The summed E-state index contributed by atoms with van der Waals surface area (Å²) in [6.07, 6.45) is 5.20. The number of aryl methyl sites for hydroxylation is 1. The smallest absolute Gasteiger partial charge is 0.241 e. The maximum absolute atomic E-state index is 12.2. The summed E-state index contributed by atoms with van der Waals surface area (Å²) in [4.78, 5) is 2.33. The van der Waals surface area contributed by atoms with E-state index in [4.69, 9.17) is 0 Å². The number of nitrogens with one attached hydrogen (secondary N) is 2. The molecule has 0 aliphatic rings. The average Bonchev–Trinajstić information content (AvgIpc) is 2.76. The van der Waals surface area contributed by atoms with Gasteiger partial charge in [-0.1, -0.05) is 6.42 Å². The highest BCUT2D eigenvalue weighted by Crippen LogP contribution is 2.25. The van der Waals surface area contributed by atoms with Gasteiger partial charge in [0.25, 0.3) is 0 Å². The van der Waals surface area contributed by atoms with Gasteiger partial charge in [-0.15, -0.1) is 11.3 Å². The molecule has 4 nitrogen and oxygen atoms in total. The molecular formula is C13H24N2O2S3. The van der Waals surface area contributed by atoms with Crippen molar-refractivity contribution in [2.75, 3.05) is 25.6 Å². The van der Waals surface area contributed by atoms with Gasteiger partial charge in [0.1, 0.15) is 0 Å². The van der Waals surface area contributed by atoms with Crippen LogP contribution in [-0.2, 0) is 16.6 Å². The lowest BCUT2D eigenvalue weighted by Crippen LogP contribution is -2.25. The fourth-order valence-corrected chi connectivity index (χ4v) is 5.10. The molecular weight excluding hydrogens is 312 g/mol. The third kappa shape index (κ3) is 5.73. The standard InChI is InChI=1S/C13H24N2O2S3/c1-11-13(9-12(19-11)10-14-2)20(16,17)15-7-5-4-6-8-18-3/h9,14-15H,4-8,10H2,1-3H3. The minimum Gasteiger partial charge on any atom is -0.315 e. The van der Waals surface area contributed by atoms with Crippen LogP contribution in [0, 0.1) is 6.92 Å².